The third kappa shape index (κ3) is 6.18. The van der Waals surface area contributed by atoms with Gasteiger partial charge in [0.25, 0.3) is 0 Å². The number of hydrogen-bond donors (Lipinski definition) is 1. The van der Waals surface area contributed by atoms with E-state index in [-0.39, 0.29) is 6.04 Å². The molecule has 7 nitrogen and oxygen atoms in total. The quantitative estimate of drug-likeness (QED) is 0.341. The number of fused-ring (bicyclic) bond motifs is 1. The Morgan fingerprint density at radius 3 is 2.49 bits per heavy atom. The van der Waals surface area contributed by atoms with Crippen molar-refractivity contribution in [2.75, 3.05) is 51.3 Å². The molecular weight excluding hydrogens is 462 g/mol. The summed E-state index contributed by atoms with van der Waals surface area (Å²) in [6.45, 7) is 8.21. The van der Waals surface area contributed by atoms with Crippen LogP contribution in [0, 0.1) is 0 Å². The van der Waals surface area contributed by atoms with Gasteiger partial charge in [-0.2, -0.15) is 0 Å². The molecule has 1 aliphatic heterocycles. The third-order valence-electron chi connectivity index (χ3n) is 7.00. The first-order chi connectivity index (χ1) is 18.2. The van der Waals surface area contributed by atoms with Crippen molar-refractivity contribution in [3.05, 3.63) is 90.3 Å². The fourth-order valence-corrected chi connectivity index (χ4v) is 4.86. The lowest BCUT2D eigenvalue weighted by molar-refractivity contribution is 0.196. The highest BCUT2D eigenvalue weighted by Gasteiger charge is 2.19. The first kappa shape index (κ1) is 25.0. The fraction of sp³-hybridized carbons (Fsp3) is 0.333. The molecule has 0 aliphatic carbocycles. The molecule has 0 bridgehead atoms. The Hall–Kier alpha value is -3.68. The van der Waals surface area contributed by atoms with Crippen LogP contribution in [-0.2, 0) is 6.54 Å². The fourth-order valence-electron chi connectivity index (χ4n) is 4.86. The van der Waals surface area contributed by atoms with Crippen molar-refractivity contribution in [1.82, 2.24) is 20.2 Å². The van der Waals surface area contributed by atoms with E-state index in [1.54, 1.807) is 19.5 Å². The second-order valence-corrected chi connectivity index (χ2v) is 9.38. The van der Waals surface area contributed by atoms with Gasteiger partial charge < -0.3 is 19.7 Å². The van der Waals surface area contributed by atoms with Crippen molar-refractivity contribution in [2.45, 2.75) is 19.5 Å². The molecule has 0 amide bonds. The van der Waals surface area contributed by atoms with Crippen molar-refractivity contribution in [2.24, 2.45) is 0 Å². The largest absolute Gasteiger partial charge is 0.493 e. The molecule has 7 heteroatoms. The summed E-state index contributed by atoms with van der Waals surface area (Å²) in [7, 11) is 1.69. The lowest BCUT2D eigenvalue weighted by Crippen LogP contribution is -2.48. The number of benzene rings is 3. The number of ether oxygens (including phenoxy) is 2. The van der Waals surface area contributed by atoms with Gasteiger partial charge in [0.15, 0.2) is 11.5 Å². The van der Waals surface area contributed by atoms with Gasteiger partial charge in [-0.15, -0.1) is 0 Å². The Morgan fingerprint density at radius 2 is 1.68 bits per heavy atom. The van der Waals surface area contributed by atoms with Gasteiger partial charge in [0, 0.05) is 57.7 Å². The molecular formula is C30H35N5O2. The molecule has 1 aliphatic rings. The number of rotatable bonds is 10. The zero-order chi connectivity index (χ0) is 25.5. The average molecular weight is 498 g/mol. The molecule has 1 aromatic heterocycles. The van der Waals surface area contributed by atoms with Crippen LogP contribution >= 0.6 is 0 Å². The molecule has 37 heavy (non-hydrogen) atoms. The molecule has 1 atom stereocenters. The van der Waals surface area contributed by atoms with Crippen LogP contribution < -0.4 is 19.7 Å². The van der Waals surface area contributed by atoms with E-state index < -0.39 is 0 Å². The van der Waals surface area contributed by atoms with Gasteiger partial charge in [-0.25, -0.2) is 9.97 Å². The summed E-state index contributed by atoms with van der Waals surface area (Å²) in [6, 6.07) is 23.3. The highest BCUT2D eigenvalue weighted by molar-refractivity contribution is 5.86. The number of aromatic nitrogens is 2. The normalized spacial score (nSPS) is 15.0. The molecule has 0 spiro atoms. The maximum absolute atomic E-state index is 6.20. The van der Waals surface area contributed by atoms with Crippen molar-refractivity contribution >= 4 is 16.7 Å². The molecule has 1 fully saturated rings. The monoisotopic (exact) mass is 497 g/mol. The Bertz CT molecular complexity index is 1290. The first-order valence-electron chi connectivity index (χ1n) is 13.0. The zero-order valence-corrected chi connectivity index (χ0v) is 21.6. The second-order valence-electron chi connectivity index (χ2n) is 9.38. The summed E-state index contributed by atoms with van der Waals surface area (Å²) < 4.78 is 11.8. The molecule has 1 saturated heterocycles. The summed E-state index contributed by atoms with van der Waals surface area (Å²) in [5, 5.41) is 6.24. The predicted molar refractivity (Wildman–Crippen MR) is 148 cm³/mol. The molecule has 3 aromatic carbocycles. The van der Waals surface area contributed by atoms with Crippen LogP contribution in [0.2, 0.25) is 0 Å². The van der Waals surface area contributed by atoms with Crippen LogP contribution in [0.4, 0.5) is 5.95 Å². The van der Waals surface area contributed by atoms with Crippen LogP contribution in [0.25, 0.3) is 10.8 Å². The van der Waals surface area contributed by atoms with E-state index >= 15 is 0 Å². The standard InChI is InChI=1S/C30H35N5O2/c1-23(26-10-5-8-25-7-3-4-9-27(25)26)33-22-24-11-12-28(36-2)29(21-24)37-20-19-34-15-17-35(18-16-34)30-31-13-6-14-32-30/h3-14,21,23,33H,15-20,22H2,1-2H3. The molecule has 0 saturated carbocycles. The minimum absolute atomic E-state index is 0.220. The lowest BCUT2D eigenvalue weighted by Gasteiger charge is -2.34. The third-order valence-corrected chi connectivity index (χ3v) is 7.00. The smallest absolute Gasteiger partial charge is 0.225 e. The van der Waals surface area contributed by atoms with Crippen LogP contribution in [-0.4, -0.2) is 61.3 Å². The Balaban J connectivity index is 1.14. The number of methoxy groups -OCH3 is 1. The molecule has 2 heterocycles. The maximum Gasteiger partial charge on any atom is 0.225 e. The molecule has 5 rings (SSSR count). The van der Waals surface area contributed by atoms with Crippen LogP contribution in [0.1, 0.15) is 24.1 Å². The van der Waals surface area contributed by atoms with Gasteiger partial charge in [0.2, 0.25) is 5.95 Å². The Kier molecular flexibility index (Phi) is 8.13. The molecule has 1 unspecified atom stereocenters. The molecule has 0 radical (unpaired) electrons. The van der Waals surface area contributed by atoms with E-state index in [2.05, 4.69) is 86.6 Å². The summed E-state index contributed by atoms with van der Waals surface area (Å²) in [4.78, 5) is 13.4. The number of anilines is 1. The highest BCUT2D eigenvalue weighted by Crippen LogP contribution is 2.29. The SMILES string of the molecule is COc1ccc(CNC(C)c2cccc3ccccc23)cc1OCCN1CCN(c2ncccn2)CC1. The molecule has 1 N–H and O–H groups in total. The van der Waals surface area contributed by atoms with Gasteiger partial charge >= 0.3 is 0 Å². The summed E-state index contributed by atoms with van der Waals surface area (Å²) in [5.74, 6) is 2.36. The van der Waals surface area contributed by atoms with E-state index in [9.17, 15) is 0 Å². The van der Waals surface area contributed by atoms with E-state index in [1.807, 2.05) is 12.1 Å². The average Bonchev–Trinajstić information content (AvgIpc) is 2.96. The second kappa shape index (κ2) is 12.0. The first-order valence-corrected chi connectivity index (χ1v) is 13.0. The summed E-state index contributed by atoms with van der Waals surface area (Å²) in [5.41, 5.74) is 2.47. The Labute approximate surface area is 219 Å². The lowest BCUT2D eigenvalue weighted by atomic mass is 9.99. The minimum atomic E-state index is 0.220. The van der Waals surface area contributed by atoms with E-state index in [0.717, 1.165) is 56.7 Å². The number of nitrogens with one attached hydrogen (secondary N) is 1. The van der Waals surface area contributed by atoms with Gasteiger partial charge in [-0.3, -0.25) is 4.90 Å². The maximum atomic E-state index is 6.20. The van der Waals surface area contributed by atoms with Gasteiger partial charge in [-0.05, 0) is 47.0 Å². The van der Waals surface area contributed by atoms with E-state index in [4.69, 9.17) is 9.47 Å². The van der Waals surface area contributed by atoms with Crippen LogP contribution in [0.5, 0.6) is 11.5 Å². The van der Waals surface area contributed by atoms with Crippen molar-refractivity contribution in [1.29, 1.82) is 0 Å². The minimum Gasteiger partial charge on any atom is -0.493 e. The van der Waals surface area contributed by atoms with Gasteiger partial charge in [-0.1, -0.05) is 48.5 Å². The molecule has 4 aromatic rings. The number of hydrogen-bond acceptors (Lipinski definition) is 7. The zero-order valence-electron chi connectivity index (χ0n) is 21.6. The van der Waals surface area contributed by atoms with Gasteiger partial charge in [0.1, 0.15) is 6.61 Å². The van der Waals surface area contributed by atoms with Crippen molar-refractivity contribution in [3.63, 3.8) is 0 Å². The highest BCUT2D eigenvalue weighted by atomic mass is 16.5. The number of nitrogens with zero attached hydrogens (tertiary/aromatic N) is 4. The van der Waals surface area contributed by atoms with Crippen LogP contribution in [0.15, 0.2) is 79.1 Å². The van der Waals surface area contributed by atoms with E-state index in [0.29, 0.717) is 6.61 Å². The molecule has 192 valence electrons. The van der Waals surface area contributed by atoms with Crippen molar-refractivity contribution in [3.8, 4) is 11.5 Å². The van der Waals surface area contributed by atoms with Crippen LogP contribution in [0.3, 0.4) is 0 Å². The van der Waals surface area contributed by atoms with E-state index in [1.165, 1.54) is 21.9 Å². The summed E-state index contributed by atoms with van der Waals surface area (Å²) in [6.07, 6.45) is 3.59. The van der Waals surface area contributed by atoms with Gasteiger partial charge in [0.05, 0.1) is 7.11 Å². The predicted octanol–water partition coefficient (Wildman–Crippen LogP) is 4.69. The number of piperazine rings is 1. The summed E-state index contributed by atoms with van der Waals surface area (Å²) >= 11 is 0. The van der Waals surface area contributed by atoms with Crippen molar-refractivity contribution < 1.29 is 9.47 Å². The Morgan fingerprint density at radius 1 is 0.892 bits per heavy atom. The topological polar surface area (TPSA) is 62.8 Å².